The van der Waals surface area contributed by atoms with E-state index in [0.717, 1.165) is 0 Å². The van der Waals surface area contributed by atoms with Gasteiger partial charge in [-0.05, 0) is 23.6 Å². The van der Waals surface area contributed by atoms with Crippen molar-refractivity contribution in [1.29, 1.82) is 0 Å². The predicted molar refractivity (Wildman–Crippen MR) is 61.9 cm³/mol. The summed E-state index contributed by atoms with van der Waals surface area (Å²) in [7, 11) is 0. The Morgan fingerprint density at radius 2 is 2.00 bits per heavy atom. The van der Waals surface area contributed by atoms with Gasteiger partial charge in [-0.1, -0.05) is 55.2 Å². The van der Waals surface area contributed by atoms with Crippen molar-refractivity contribution in [3.8, 4) is 0 Å². The fraction of sp³-hybridized carbons (Fsp3) is 0.143. The average Bonchev–Trinajstić information content (AvgIpc) is 2.27. The Hall–Kier alpha value is -1.56. The quantitative estimate of drug-likeness (QED) is 0.579. The molecule has 0 fully saturated rings. The molecule has 0 spiro atoms. The molecule has 0 saturated heterocycles. The third-order valence-corrected chi connectivity index (χ3v) is 2.72. The minimum atomic E-state index is 0.410. The van der Waals surface area contributed by atoms with Crippen LogP contribution in [0.1, 0.15) is 6.92 Å². The summed E-state index contributed by atoms with van der Waals surface area (Å²) in [5.41, 5.74) is 4.01. The maximum atomic E-state index is 3.86. The molecule has 0 heteroatoms. The van der Waals surface area contributed by atoms with Gasteiger partial charge in [-0.3, -0.25) is 0 Å². The third kappa shape index (κ3) is 1.33. The lowest BCUT2D eigenvalue weighted by Gasteiger charge is -2.25. The number of hydrogen-bond donors (Lipinski definition) is 0. The highest BCUT2D eigenvalue weighted by molar-refractivity contribution is 5.54. The molecule has 70 valence electrons. The zero-order chi connectivity index (χ0) is 9.97. The molecule has 0 nitrogen and oxygen atoms in total. The summed E-state index contributed by atoms with van der Waals surface area (Å²) < 4.78 is 0. The van der Waals surface area contributed by atoms with Gasteiger partial charge in [-0.15, -0.1) is 0 Å². The standard InChI is InChI=1S/C14H14/c1-3-11-7-5-9-13-10-6-8-12(4-2)14(11)13/h3-10,14H,1H2,2H3. The van der Waals surface area contributed by atoms with E-state index < -0.39 is 0 Å². The molecular weight excluding hydrogens is 168 g/mol. The Balaban J connectivity index is 2.49. The first-order valence-corrected chi connectivity index (χ1v) is 4.92. The second kappa shape index (κ2) is 3.67. The minimum Gasteiger partial charge on any atom is -0.0988 e. The Morgan fingerprint density at radius 1 is 1.21 bits per heavy atom. The second-order valence-corrected chi connectivity index (χ2v) is 3.48. The van der Waals surface area contributed by atoms with Gasteiger partial charge in [0.1, 0.15) is 0 Å². The molecule has 0 aliphatic heterocycles. The third-order valence-electron chi connectivity index (χ3n) is 2.72. The van der Waals surface area contributed by atoms with Crippen molar-refractivity contribution in [2.24, 2.45) is 5.92 Å². The summed E-state index contributed by atoms with van der Waals surface area (Å²) in [6, 6.07) is 0. The highest BCUT2D eigenvalue weighted by Crippen LogP contribution is 2.35. The highest BCUT2D eigenvalue weighted by atomic mass is 14.2. The summed E-state index contributed by atoms with van der Waals surface area (Å²) in [4.78, 5) is 0. The van der Waals surface area contributed by atoms with E-state index in [-0.39, 0.29) is 0 Å². The monoisotopic (exact) mass is 182 g/mol. The molecule has 0 heterocycles. The first-order chi connectivity index (χ1) is 6.86. The van der Waals surface area contributed by atoms with Crippen molar-refractivity contribution in [3.05, 3.63) is 71.9 Å². The number of allylic oxidation sites excluding steroid dienone is 11. The van der Waals surface area contributed by atoms with Crippen molar-refractivity contribution in [3.63, 3.8) is 0 Å². The van der Waals surface area contributed by atoms with Crippen molar-refractivity contribution < 1.29 is 0 Å². The van der Waals surface area contributed by atoms with Crippen LogP contribution in [0, 0.1) is 5.92 Å². The number of fused-ring (bicyclic) bond motifs is 1. The molecule has 0 aromatic carbocycles. The van der Waals surface area contributed by atoms with Crippen LogP contribution < -0.4 is 0 Å². The lowest BCUT2D eigenvalue weighted by Crippen LogP contribution is -2.12. The minimum absolute atomic E-state index is 0.410. The topological polar surface area (TPSA) is 0 Å². The van der Waals surface area contributed by atoms with Gasteiger partial charge < -0.3 is 0 Å². The molecule has 1 unspecified atom stereocenters. The van der Waals surface area contributed by atoms with Crippen LogP contribution in [-0.2, 0) is 0 Å². The molecule has 0 N–H and O–H groups in total. The molecule has 0 aromatic heterocycles. The Bertz CT molecular complexity index is 390. The van der Waals surface area contributed by atoms with Gasteiger partial charge in [-0.2, -0.15) is 0 Å². The summed E-state index contributed by atoms with van der Waals surface area (Å²) in [5, 5.41) is 0. The Labute approximate surface area is 85.3 Å². The van der Waals surface area contributed by atoms with Crippen molar-refractivity contribution in [2.45, 2.75) is 6.92 Å². The molecule has 0 radical (unpaired) electrons. The van der Waals surface area contributed by atoms with Gasteiger partial charge in [0.25, 0.3) is 0 Å². The lowest BCUT2D eigenvalue weighted by molar-refractivity contribution is 0.885. The molecular formula is C14H14. The van der Waals surface area contributed by atoms with Crippen LogP contribution in [-0.4, -0.2) is 0 Å². The maximum absolute atomic E-state index is 3.86. The van der Waals surface area contributed by atoms with Gasteiger partial charge in [0.15, 0.2) is 0 Å². The van der Waals surface area contributed by atoms with E-state index in [9.17, 15) is 0 Å². The number of rotatable bonds is 1. The molecule has 2 rings (SSSR count). The number of hydrogen-bond acceptors (Lipinski definition) is 0. The van der Waals surface area contributed by atoms with Crippen LogP contribution in [0.25, 0.3) is 0 Å². The van der Waals surface area contributed by atoms with E-state index in [4.69, 9.17) is 0 Å². The maximum Gasteiger partial charge on any atom is 0.0336 e. The molecule has 2 aliphatic rings. The molecule has 2 aliphatic carbocycles. The van der Waals surface area contributed by atoms with Crippen LogP contribution in [0.5, 0.6) is 0 Å². The first-order valence-electron chi connectivity index (χ1n) is 4.92. The molecule has 0 bridgehead atoms. The summed E-state index contributed by atoms with van der Waals surface area (Å²) >= 11 is 0. The second-order valence-electron chi connectivity index (χ2n) is 3.48. The molecule has 14 heavy (non-hydrogen) atoms. The first kappa shape index (κ1) is 9.01. The van der Waals surface area contributed by atoms with Crippen molar-refractivity contribution in [2.75, 3.05) is 0 Å². The zero-order valence-electron chi connectivity index (χ0n) is 8.40. The van der Waals surface area contributed by atoms with Crippen LogP contribution in [0.2, 0.25) is 0 Å². The summed E-state index contributed by atoms with van der Waals surface area (Å²) in [6.45, 7) is 5.95. The van der Waals surface area contributed by atoms with Gasteiger partial charge in [-0.25, -0.2) is 0 Å². The summed E-state index contributed by atoms with van der Waals surface area (Å²) in [5.74, 6) is 0.410. The Morgan fingerprint density at radius 3 is 2.71 bits per heavy atom. The smallest absolute Gasteiger partial charge is 0.0336 e. The fourth-order valence-electron chi connectivity index (χ4n) is 2.01. The molecule has 0 amide bonds. The molecule has 0 aromatic rings. The van der Waals surface area contributed by atoms with Crippen LogP contribution >= 0.6 is 0 Å². The Kier molecular flexibility index (Phi) is 2.36. The summed E-state index contributed by atoms with van der Waals surface area (Å²) in [6.07, 6.45) is 17.0. The average molecular weight is 182 g/mol. The normalized spacial score (nSPS) is 26.9. The van der Waals surface area contributed by atoms with Crippen LogP contribution in [0.15, 0.2) is 71.9 Å². The van der Waals surface area contributed by atoms with Crippen molar-refractivity contribution in [1.82, 2.24) is 0 Å². The van der Waals surface area contributed by atoms with Crippen LogP contribution in [0.4, 0.5) is 0 Å². The van der Waals surface area contributed by atoms with E-state index in [1.54, 1.807) is 0 Å². The highest BCUT2D eigenvalue weighted by Gasteiger charge is 2.21. The van der Waals surface area contributed by atoms with Gasteiger partial charge in [0.2, 0.25) is 0 Å². The van der Waals surface area contributed by atoms with E-state index in [0.29, 0.717) is 5.92 Å². The van der Waals surface area contributed by atoms with E-state index in [1.165, 1.54) is 16.7 Å². The van der Waals surface area contributed by atoms with Crippen LogP contribution in [0.3, 0.4) is 0 Å². The lowest BCUT2D eigenvalue weighted by atomic mass is 9.78. The predicted octanol–water partition coefficient (Wildman–Crippen LogP) is 3.73. The van der Waals surface area contributed by atoms with Crippen molar-refractivity contribution >= 4 is 0 Å². The SMILES string of the molecule is C=CC1=CC=CC2=CC=CC(=CC)C12. The zero-order valence-corrected chi connectivity index (χ0v) is 8.40. The fourth-order valence-corrected chi connectivity index (χ4v) is 2.01. The van der Waals surface area contributed by atoms with Gasteiger partial charge in [0, 0.05) is 5.92 Å². The van der Waals surface area contributed by atoms with E-state index in [1.807, 2.05) is 6.08 Å². The molecule has 0 saturated carbocycles. The molecule has 1 atom stereocenters. The van der Waals surface area contributed by atoms with E-state index in [2.05, 4.69) is 56.0 Å². The van der Waals surface area contributed by atoms with Gasteiger partial charge >= 0.3 is 0 Å². The van der Waals surface area contributed by atoms with Gasteiger partial charge in [0.05, 0.1) is 0 Å². The van der Waals surface area contributed by atoms with E-state index >= 15 is 0 Å². The largest absolute Gasteiger partial charge is 0.0988 e.